The van der Waals surface area contributed by atoms with Crippen LogP contribution in [0.3, 0.4) is 0 Å². The van der Waals surface area contributed by atoms with Crippen LogP contribution in [0.2, 0.25) is 5.02 Å². The van der Waals surface area contributed by atoms with Gasteiger partial charge in [0.2, 0.25) is 0 Å². The van der Waals surface area contributed by atoms with Gasteiger partial charge in [-0.1, -0.05) is 34.5 Å². The van der Waals surface area contributed by atoms with Crippen LogP contribution >= 0.6 is 27.5 Å². The van der Waals surface area contributed by atoms with E-state index in [0.29, 0.717) is 9.85 Å². The molecule has 15 heavy (non-hydrogen) atoms. The third-order valence-corrected chi connectivity index (χ3v) is 2.45. The molecule has 0 bridgehead atoms. The molecule has 0 amide bonds. The fraction of sp³-hybridized carbons (Fsp3) is 0.500. The molecule has 5 heteroatoms. The fourth-order valence-electron chi connectivity index (χ4n) is 1.30. The van der Waals surface area contributed by atoms with Crippen molar-refractivity contribution in [1.82, 2.24) is 4.98 Å². The number of rotatable bonds is 4. The van der Waals surface area contributed by atoms with Crippen molar-refractivity contribution in [2.24, 2.45) is 0 Å². The van der Waals surface area contributed by atoms with Crippen LogP contribution in [0.4, 0.5) is 10.2 Å². The zero-order valence-electron chi connectivity index (χ0n) is 8.60. The smallest absolute Gasteiger partial charge is 0.166 e. The van der Waals surface area contributed by atoms with Crippen LogP contribution in [0, 0.1) is 5.82 Å². The van der Waals surface area contributed by atoms with Gasteiger partial charge in [0.15, 0.2) is 11.6 Å². The van der Waals surface area contributed by atoms with E-state index >= 15 is 0 Å². The Kier molecular flexibility index (Phi) is 4.80. The molecule has 0 saturated heterocycles. The molecule has 84 valence electrons. The third-order valence-electron chi connectivity index (χ3n) is 1.87. The summed E-state index contributed by atoms with van der Waals surface area (Å²) >= 11 is 9.04. The van der Waals surface area contributed by atoms with Crippen LogP contribution in [0.5, 0.6) is 0 Å². The van der Waals surface area contributed by atoms with Gasteiger partial charge in [-0.2, -0.15) is 0 Å². The molecule has 0 aliphatic rings. The average molecular weight is 296 g/mol. The van der Waals surface area contributed by atoms with Gasteiger partial charge in [-0.25, -0.2) is 9.37 Å². The van der Waals surface area contributed by atoms with Gasteiger partial charge in [-0.15, -0.1) is 0 Å². The third kappa shape index (κ3) is 4.34. The Balaban J connectivity index is 2.64. The van der Waals surface area contributed by atoms with E-state index in [1.807, 2.05) is 13.8 Å². The van der Waals surface area contributed by atoms with Crippen molar-refractivity contribution >= 4 is 33.3 Å². The predicted molar refractivity (Wildman–Crippen MR) is 65.3 cm³/mol. The van der Waals surface area contributed by atoms with E-state index in [1.165, 1.54) is 12.3 Å². The van der Waals surface area contributed by atoms with Crippen LogP contribution in [-0.2, 0) is 0 Å². The summed E-state index contributed by atoms with van der Waals surface area (Å²) in [6.07, 6.45) is 2.32. The number of pyridine rings is 1. The summed E-state index contributed by atoms with van der Waals surface area (Å²) in [6, 6.07) is 1.41. The summed E-state index contributed by atoms with van der Waals surface area (Å²) in [5.74, 6) is -0.170. The second-order valence-corrected chi connectivity index (χ2v) is 5.55. The minimum absolute atomic E-state index is 0.155. The minimum Gasteiger partial charge on any atom is -0.365 e. The summed E-state index contributed by atoms with van der Waals surface area (Å²) < 4.78 is 13.3. The lowest BCUT2D eigenvalue weighted by molar-refractivity contribution is 0.615. The standard InChI is InChI=1S/C10H13BrClFN2/c1-6(11)3-7(2)15-10-9(13)4-8(12)5-14-10/h4-7H,3H2,1-2H3,(H,14,15). The predicted octanol–water partition coefficient (Wildman–Crippen LogP) is 3.85. The molecule has 0 saturated carbocycles. The Hall–Kier alpha value is -0.350. The molecule has 0 spiro atoms. The van der Waals surface area contributed by atoms with E-state index in [4.69, 9.17) is 11.6 Å². The minimum atomic E-state index is -0.420. The van der Waals surface area contributed by atoms with Crippen LogP contribution in [0.1, 0.15) is 20.3 Å². The molecular formula is C10H13BrClFN2. The fourth-order valence-corrected chi connectivity index (χ4v) is 2.01. The molecule has 0 aliphatic carbocycles. The van der Waals surface area contributed by atoms with E-state index < -0.39 is 5.82 Å². The van der Waals surface area contributed by atoms with Crippen molar-refractivity contribution in [3.63, 3.8) is 0 Å². The van der Waals surface area contributed by atoms with Gasteiger partial charge in [0.05, 0.1) is 5.02 Å². The van der Waals surface area contributed by atoms with Crippen LogP contribution < -0.4 is 5.32 Å². The van der Waals surface area contributed by atoms with Gasteiger partial charge in [0.1, 0.15) is 0 Å². The highest BCUT2D eigenvalue weighted by Gasteiger charge is 2.10. The normalized spacial score (nSPS) is 14.7. The molecule has 1 aromatic rings. The van der Waals surface area contributed by atoms with E-state index in [1.54, 1.807) is 0 Å². The van der Waals surface area contributed by atoms with Crippen molar-refractivity contribution in [2.75, 3.05) is 5.32 Å². The molecule has 1 N–H and O–H groups in total. The Morgan fingerprint density at radius 2 is 2.27 bits per heavy atom. The number of nitrogens with zero attached hydrogens (tertiary/aromatic N) is 1. The lowest BCUT2D eigenvalue weighted by Crippen LogP contribution is -2.19. The lowest BCUT2D eigenvalue weighted by atomic mass is 10.2. The molecule has 2 atom stereocenters. The zero-order valence-corrected chi connectivity index (χ0v) is 10.9. The second kappa shape index (κ2) is 5.66. The second-order valence-electron chi connectivity index (χ2n) is 3.55. The average Bonchev–Trinajstić information content (AvgIpc) is 2.08. The first kappa shape index (κ1) is 12.7. The maximum absolute atomic E-state index is 13.3. The molecular weight excluding hydrogens is 282 g/mol. The van der Waals surface area contributed by atoms with Crippen LogP contribution in [0.15, 0.2) is 12.3 Å². The zero-order chi connectivity index (χ0) is 11.4. The number of nitrogens with one attached hydrogen (secondary N) is 1. The Labute approximate surface area is 102 Å². The van der Waals surface area contributed by atoms with Gasteiger partial charge in [0, 0.05) is 17.1 Å². The number of hydrogen-bond donors (Lipinski definition) is 1. The first-order valence-corrected chi connectivity index (χ1v) is 6.00. The highest BCUT2D eigenvalue weighted by molar-refractivity contribution is 9.09. The molecule has 1 heterocycles. The molecule has 1 aromatic heterocycles. The van der Waals surface area contributed by atoms with Crippen molar-refractivity contribution in [3.8, 4) is 0 Å². The highest BCUT2D eigenvalue weighted by Crippen LogP contribution is 2.17. The number of halogens is 3. The summed E-state index contributed by atoms with van der Waals surface area (Å²) in [6.45, 7) is 4.03. The van der Waals surface area contributed by atoms with Crippen molar-refractivity contribution in [2.45, 2.75) is 31.1 Å². The van der Waals surface area contributed by atoms with Crippen molar-refractivity contribution in [1.29, 1.82) is 0 Å². The van der Waals surface area contributed by atoms with Gasteiger partial charge >= 0.3 is 0 Å². The SMILES string of the molecule is CC(Br)CC(C)Nc1ncc(Cl)cc1F. The van der Waals surface area contributed by atoms with Crippen molar-refractivity contribution in [3.05, 3.63) is 23.1 Å². The lowest BCUT2D eigenvalue weighted by Gasteiger charge is -2.16. The maximum atomic E-state index is 13.3. The van der Waals surface area contributed by atoms with E-state index in [-0.39, 0.29) is 11.9 Å². The monoisotopic (exact) mass is 294 g/mol. The summed E-state index contributed by atoms with van der Waals surface area (Å²) in [4.78, 5) is 4.28. The Morgan fingerprint density at radius 1 is 1.60 bits per heavy atom. The topological polar surface area (TPSA) is 24.9 Å². The van der Waals surface area contributed by atoms with Crippen LogP contribution in [-0.4, -0.2) is 15.9 Å². The van der Waals surface area contributed by atoms with Gasteiger partial charge < -0.3 is 5.32 Å². The van der Waals surface area contributed by atoms with E-state index in [2.05, 4.69) is 26.2 Å². The first-order valence-electron chi connectivity index (χ1n) is 4.70. The largest absolute Gasteiger partial charge is 0.365 e. The number of alkyl halides is 1. The Bertz CT molecular complexity index is 333. The summed E-state index contributed by atoms with van der Waals surface area (Å²) in [5.41, 5.74) is 0. The highest BCUT2D eigenvalue weighted by atomic mass is 79.9. The summed E-state index contributed by atoms with van der Waals surface area (Å²) in [5, 5.41) is 3.30. The number of aromatic nitrogens is 1. The van der Waals surface area contributed by atoms with E-state index in [0.717, 1.165) is 6.42 Å². The van der Waals surface area contributed by atoms with E-state index in [9.17, 15) is 4.39 Å². The quantitative estimate of drug-likeness (QED) is 0.854. The van der Waals surface area contributed by atoms with Gasteiger partial charge in [-0.3, -0.25) is 0 Å². The molecule has 2 nitrogen and oxygen atoms in total. The van der Waals surface area contributed by atoms with Gasteiger partial charge in [-0.05, 0) is 19.4 Å². The first-order chi connectivity index (χ1) is 6.99. The molecule has 0 fully saturated rings. The molecule has 0 aromatic carbocycles. The summed E-state index contributed by atoms with van der Waals surface area (Å²) in [7, 11) is 0. The molecule has 0 aliphatic heterocycles. The number of hydrogen-bond acceptors (Lipinski definition) is 2. The van der Waals surface area contributed by atoms with Gasteiger partial charge in [0.25, 0.3) is 0 Å². The molecule has 2 unspecified atom stereocenters. The number of anilines is 1. The molecule has 1 rings (SSSR count). The molecule has 0 radical (unpaired) electrons. The Morgan fingerprint density at radius 3 is 2.80 bits per heavy atom. The van der Waals surface area contributed by atoms with Crippen LogP contribution in [0.25, 0.3) is 0 Å². The van der Waals surface area contributed by atoms with Crippen molar-refractivity contribution < 1.29 is 4.39 Å². The maximum Gasteiger partial charge on any atom is 0.166 e.